The van der Waals surface area contributed by atoms with E-state index in [0.717, 1.165) is 16.0 Å². The molecule has 1 unspecified atom stereocenters. The molecule has 1 aliphatic heterocycles. The number of benzene rings is 1. The Morgan fingerprint density at radius 1 is 1.24 bits per heavy atom. The number of hydrogen-bond acceptors (Lipinski definition) is 5. The molecule has 1 aliphatic rings. The fraction of sp³-hybridized carbons (Fsp3) is 0.312. The zero-order valence-electron chi connectivity index (χ0n) is 13.6. The van der Waals surface area contributed by atoms with Gasteiger partial charge in [0.15, 0.2) is 0 Å². The lowest BCUT2D eigenvalue weighted by Crippen LogP contribution is -2.42. The van der Waals surface area contributed by atoms with Crippen molar-refractivity contribution in [2.75, 3.05) is 6.54 Å². The number of carbonyl (C=O) groups is 1. The predicted octanol–water partition coefficient (Wildman–Crippen LogP) is 1.90. The molecule has 128 valence electrons. The van der Waals surface area contributed by atoms with Crippen LogP contribution in [0.2, 0.25) is 0 Å². The van der Waals surface area contributed by atoms with Gasteiger partial charge in [0.1, 0.15) is 16.5 Å². The number of aromatic nitrogens is 6. The van der Waals surface area contributed by atoms with Crippen LogP contribution in [0.5, 0.6) is 0 Å². The van der Waals surface area contributed by atoms with Gasteiger partial charge in [-0.2, -0.15) is 4.80 Å². The third-order valence-corrected chi connectivity index (χ3v) is 4.92. The van der Waals surface area contributed by atoms with E-state index < -0.39 is 6.04 Å². The maximum Gasteiger partial charge on any atom is 0.249 e. The Hall–Kier alpha value is -2.55. The molecule has 0 bridgehead atoms. The average Bonchev–Trinajstić information content (AvgIpc) is 3.28. The van der Waals surface area contributed by atoms with E-state index in [1.807, 2.05) is 30.3 Å². The molecule has 0 N–H and O–H groups in total. The lowest BCUT2D eigenvalue weighted by molar-refractivity contribution is -0.136. The van der Waals surface area contributed by atoms with Crippen LogP contribution in [0, 0.1) is 0 Å². The lowest BCUT2D eigenvalue weighted by atomic mass is 10.2. The first-order chi connectivity index (χ1) is 12.1. The number of tetrazole rings is 1. The fourth-order valence-corrected chi connectivity index (χ4v) is 3.35. The first-order valence-electron chi connectivity index (χ1n) is 7.97. The van der Waals surface area contributed by atoms with Crippen molar-refractivity contribution in [3.63, 3.8) is 0 Å². The first kappa shape index (κ1) is 15.9. The Morgan fingerprint density at radius 2 is 2.04 bits per heavy atom. The van der Waals surface area contributed by atoms with Gasteiger partial charge < -0.3 is 9.47 Å². The molecule has 4 rings (SSSR count). The quantitative estimate of drug-likeness (QED) is 0.669. The lowest BCUT2D eigenvalue weighted by Gasteiger charge is -2.29. The van der Waals surface area contributed by atoms with E-state index in [-0.39, 0.29) is 5.91 Å². The van der Waals surface area contributed by atoms with E-state index in [9.17, 15) is 4.79 Å². The number of carbonyl (C=O) groups excluding carboxylic acids is 1. The van der Waals surface area contributed by atoms with Crippen LogP contribution in [0.1, 0.15) is 18.8 Å². The van der Waals surface area contributed by atoms with Crippen LogP contribution >= 0.6 is 15.9 Å². The zero-order valence-corrected chi connectivity index (χ0v) is 15.2. The van der Waals surface area contributed by atoms with Crippen LogP contribution < -0.4 is 0 Å². The molecule has 1 atom stereocenters. The molecule has 1 aromatic carbocycles. The van der Waals surface area contributed by atoms with Gasteiger partial charge in [-0.05, 0) is 28.1 Å². The number of imidazole rings is 1. The Bertz CT molecular complexity index is 904. The van der Waals surface area contributed by atoms with Crippen molar-refractivity contribution in [3.8, 4) is 11.4 Å². The van der Waals surface area contributed by atoms with Crippen molar-refractivity contribution in [3.05, 3.63) is 47.0 Å². The van der Waals surface area contributed by atoms with Gasteiger partial charge in [0.25, 0.3) is 0 Å². The number of rotatable bonds is 3. The molecule has 0 radical (unpaired) electrons. The topological polar surface area (TPSA) is 81.7 Å². The molecule has 0 aliphatic carbocycles. The monoisotopic (exact) mass is 401 g/mol. The van der Waals surface area contributed by atoms with E-state index >= 15 is 0 Å². The third-order valence-electron chi connectivity index (χ3n) is 4.29. The minimum Gasteiger partial charge on any atom is -0.332 e. The molecule has 3 aromatic rings. The van der Waals surface area contributed by atoms with E-state index in [1.54, 1.807) is 18.0 Å². The van der Waals surface area contributed by atoms with Crippen LogP contribution in [0.4, 0.5) is 0 Å². The van der Waals surface area contributed by atoms with E-state index in [1.165, 1.54) is 4.80 Å². The molecule has 8 nitrogen and oxygen atoms in total. The highest BCUT2D eigenvalue weighted by Crippen LogP contribution is 2.21. The zero-order chi connectivity index (χ0) is 17.4. The summed E-state index contributed by atoms with van der Waals surface area (Å²) in [4.78, 5) is 20.3. The molecule has 2 aromatic heterocycles. The van der Waals surface area contributed by atoms with Crippen LogP contribution in [-0.2, 0) is 17.9 Å². The SMILES string of the molecule is CC(C(=O)N1CCn2c(Br)cnc2C1)n1nnc(-c2ccccc2)n1. The van der Waals surface area contributed by atoms with E-state index in [0.29, 0.717) is 25.5 Å². The smallest absolute Gasteiger partial charge is 0.249 e. The number of amides is 1. The summed E-state index contributed by atoms with van der Waals surface area (Å²) in [6.07, 6.45) is 1.76. The van der Waals surface area contributed by atoms with Gasteiger partial charge in [-0.3, -0.25) is 4.79 Å². The van der Waals surface area contributed by atoms with Crippen molar-refractivity contribution in [2.45, 2.75) is 26.1 Å². The standard InChI is InChI=1S/C16H16BrN7O/c1-11(24-20-15(19-21-24)12-5-3-2-4-6-12)16(25)22-7-8-23-13(17)9-18-14(23)10-22/h2-6,9,11H,7-8,10H2,1H3. The van der Waals surface area contributed by atoms with Crippen LogP contribution in [0.25, 0.3) is 11.4 Å². The molecular formula is C16H16BrN7O. The van der Waals surface area contributed by atoms with Crippen molar-refractivity contribution < 1.29 is 4.79 Å². The Morgan fingerprint density at radius 3 is 2.84 bits per heavy atom. The molecule has 0 fully saturated rings. The second-order valence-electron chi connectivity index (χ2n) is 5.88. The van der Waals surface area contributed by atoms with Crippen molar-refractivity contribution in [2.24, 2.45) is 0 Å². The summed E-state index contributed by atoms with van der Waals surface area (Å²) in [7, 11) is 0. The summed E-state index contributed by atoms with van der Waals surface area (Å²) in [5.41, 5.74) is 0.873. The van der Waals surface area contributed by atoms with E-state index in [2.05, 4.69) is 40.9 Å². The number of nitrogens with zero attached hydrogens (tertiary/aromatic N) is 7. The van der Waals surface area contributed by atoms with Crippen LogP contribution in [-0.4, -0.2) is 47.1 Å². The second-order valence-corrected chi connectivity index (χ2v) is 6.70. The van der Waals surface area contributed by atoms with Crippen molar-refractivity contribution in [1.29, 1.82) is 0 Å². The van der Waals surface area contributed by atoms with Gasteiger partial charge in [-0.25, -0.2) is 4.98 Å². The average molecular weight is 402 g/mol. The van der Waals surface area contributed by atoms with Gasteiger partial charge >= 0.3 is 0 Å². The van der Waals surface area contributed by atoms with Gasteiger partial charge in [-0.15, -0.1) is 10.2 Å². The van der Waals surface area contributed by atoms with Crippen LogP contribution in [0.3, 0.4) is 0 Å². The Labute approximate surface area is 152 Å². The highest BCUT2D eigenvalue weighted by Gasteiger charge is 2.28. The van der Waals surface area contributed by atoms with E-state index in [4.69, 9.17) is 0 Å². The van der Waals surface area contributed by atoms with Crippen LogP contribution in [0.15, 0.2) is 41.1 Å². The molecule has 3 heterocycles. The van der Waals surface area contributed by atoms with Gasteiger partial charge in [0.2, 0.25) is 11.7 Å². The van der Waals surface area contributed by atoms with Gasteiger partial charge in [0, 0.05) is 18.7 Å². The second kappa shape index (κ2) is 6.40. The Kier molecular flexibility index (Phi) is 4.08. The fourth-order valence-electron chi connectivity index (χ4n) is 2.87. The minimum atomic E-state index is -0.519. The number of fused-ring (bicyclic) bond motifs is 1. The minimum absolute atomic E-state index is 0.0395. The molecule has 0 saturated heterocycles. The predicted molar refractivity (Wildman–Crippen MR) is 93.3 cm³/mol. The van der Waals surface area contributed by atoms with Crippen molar-refractivity contribution >= 4 is 21.8 Å². The summed E-state index contributed by atoms with van der Waals surface area (Å²) in [5, 5.41) is 12.5. The molecule has 1 amide bonds. The van der Waals surface area contributed by atoms with Crippen molar-refractivity contribution in [1.82, 2.24) is 34.7 Å². The maximum absolute atomic E-state index is 12.8. The summed E-state index contributed by atoms with van der Waals surface area (Å²) < 4.78 is 3.00. The largest absolute Gasteiger partial charge is 0.332 e. The normalized spacial score (nSPS) is 15.0. The molecule has 0 saturated carbocycles. The first-order valence-corrected chi connectivity index (χ1v) is 8.76. The highest BCUT2D eigenvalue weighted by molar-refractivity contribution is 9.10. The number of hydrogen-bond donors (Lipinski definition) is 0. The highest BCUT2D eigenvalue weighted by atomic mass is 79.9. The molecule has 25 heavy (non-hydrogen) atoms. The van der Waals surface area contributed by atoms with Gasteiger partial charge in [0.05, 0.1) is 12.7 Å². The third kappa shape index (κ3) is 2.95. The summed E-state index contributed by atoms with van der Waals surface area (Å²) >= 11 is 3.46. The Balaban J connectivity index is 1.51. The molecule has 9 heteroatoms. The molecule has 0 spiro atoms. The summed E-state index contributed by atoms with van der Waals surface area (Å²) in [6.45, 7) is 3.62. The molecular weight excluding hydrogens is 386 g/mol. The maximum atomic E-state index is 12.8. The number of halogens is 1. The van der Waals surface area contributed by atoms with Gasteiger partial charge in [-0.1, -0.05) is 30.3 Å². The summed E-state index contributed by atoms with van der Waals surface area (Å²) in [5.74, 6) is 1.34. The summed E-state index contributed by atoms with van der Waals surface area (Å²) in [6, 6.07) is 9.07.